The average Bonchev–Trinajstić information content (AvgIpc) is 2.55. The Hall–Kier alpha value is -1.79. The van der Waals surface area contributed by atoms with Crippen LogP contribution in [0.25, 0.3) is 0 Å². The summed E-state index contributed by atoms with van der Waals surface area (Å²) in [5.41, 5.74) is 1.18. The van der Waals surface area contributed by atoms with Gasteiger partial charge in [-0.05, 0) is 26.0 Å². The van der Waals surface area contributed by atoms with Crippen LogP contribution in [-0.2, 0) is 4.74 Å². The Kier molecular flexibility index (Phi) is 6.03. The second-order valence-electron chi connectivity index (χ2n) is 5.55. The van der Waals surface area contributed by atoms with E-state index in [1.54, 1.807) is 4.90 Å². The minimum atomic E-state index is -0.291. The standard InChI is InChI=1S/C16H24N2O4/c1-12-3-5-14(6-4-12)22-13(2)9-17-16(20)18-7-8-21-15(10-18)11-19/h3-6,13,15,19H,7-11H2,1-2H3,(H,17,20). The molecule has 2 amide bonds. The number of hydrogen-bond donors (Lipinski definition) is 2. The summed E-state index contributed by atoms with van der Waals surface area (Å²) in [5, 5.41) is 11.9. The second-order valence-corrected chi connectivity index (χ2v) is 5.55. The van der Waals surface area contributed by atoms with E-state index in [1.807, 2.05) is 38.1 Å². The molecule has 1 aliphatic rings. The highest BCUT2D eigenvalue weighted by Gasteiger charge is 2.23. The van der Waals surface area contributed by atoms with Crippen molar-refractivity contribution in [3.63, 3.8) is 0 Å². The summed E-state index contributed by atoms with van der Waals surface area (Å²) in [6, 6.07) is 7.66. The monoisotopic (exact) mass is 308 g/mol. The molecule has 6 heteroatoms. The number of aryl methyl sites for hydroxylation is 1. The number of morpholine rings is 1. The van der Waals surface area contributed by atoms with Gasteiger partial charge in [-0.3, -0.25) is 0 Å². The average molecular weight is 308 g/mol. The molecular formula is C16H24N2O4. The van der Waals surface area contributed by atoms with E-state index in [4.69, 9.17) is 14.6 Å². The molecule has 2 N–H and O–H groups in total. The van der Waals surface area contributed by atoms with Gasteiger partial charge in [0.1, 0.15) is 11.9 Å². The van der Waals surface area contributed by atoms with Gasteiger partial charge in [-0.1, -0.05) is 17.7 Å². The maximum Gasteiger partial charge on any atom is 0.317 e. The normalized spacial score (nSPS) is 19.6. The Morgan fingerprint density at radius 3 is 2.91 bits per heavy atom. The summed E-state index contributed by atoms with van der Waals surface area (Å²) in [4.78, 5) is 13.7. The number of nitrogens with one attached hydrogen (secondary N) is 1. The van der Waals surface area contributed by atoms with Crippen LogP contribution in [0.4, 0.5) is 4.79 Å². The molecule has 1 aromatic rings. The van der Waals surface area contributed by atoms with Crippen LogP contribution in [-0.4, -0.2) is 61.1 Å². The first-order valence-corrected chi connectivity index (χ1v) is 7.57. The number of carbonyl (C=O) groups is 1. The Balaban J connectivity index is 1.74. The second kappa shape index (κ2) is 8.00. The quantitative estimate of drug-likeness (QED) is 0.856. The van der Waals surface area contributed by atoms with Gasteiger partial charge in [-0.15, -0.1) is 0 Å². The molecule has 1 aliphatic heterocycles. The molecule has 22 heavy (non-hydrogen) atoms. The zero-order chi connectivity index (χ0) is 15.9. The van der Waals surface area contributed by atoms with Crippen molar-refractivity contribution in [2.45, 2.75) is 26.1 Å². The fraction of sp³-hybridized carbons (Fsp3) is 0.562. The number of benzene rings is 1. The third kappa shape index (κ3) is 4.89. The lowest BCUT2D eigenvalue weighted by atomic mass is 10.2. The van der Waals surface area contributed by atoms with Gasteiger partial charge in [0.2, 0.25) is 0 Å². The number of hydrogen-bond acceptors (Lipinski definition) is 4. The molecule has 0 bridgehead atoms. The molecule has 0 saturated carbocycles. The number of rotatable bonds is 5. The van der Waals surface area contributed by atoms with E-state index in [-0.39, 0.29) is 24.8 Å². The highest BCUT2D eigenvalue weighted by molar-refractivity contribution is 5.74. The SMILES string of the molecule is Cc1ccc(OC(C)CNC(=O)N2CCOC(CO)C2)cc1. The van der Waals surface area contributed by atoms with Gasteiger partial charge in [0, 0.05) is 6.54 Å². The summed E-state index contributed by atoms with van der Waals surface area (Å²) in [7, 11) is 0. The van der Waals surface area contributed by atoms with Crippen molar-refractivity contribution in [1.29, 1.82) is 0 Å². The van der Waals surface area contributed by atoms with Gasteiger partial charge >= 0.3 is 6.03 Å². The molecule has 1 aromatic carbocycles. The first-order chi connectivity index (χ1) is 10.6. The van der Waals surface area contributed by atoms with Crippen LogP contribution in [0.5, 0.6) is 5.75 Å². The number of carbonyl (C=O) groups excluding carboxylic acids is 1. The predicted molar refractivity (Wildman–Crippen MR) is 83.1 cm³/mol. The van der Waals surface area contributed by atoms with E-state index in [9.17, 15) is 4.79 Å². The number of urea groups is 1. The molecule has 6 nitrogen and oxygen atoms in total. The van der Waals surface area contributed by atoms with E-state index in [1.165, 1.54) is 5.56 Å². The summed E-state index contributed by atoms with van der Waals surface area (Å²) in [6.45, 7) is 5.69. The lowest BCUT2D eigenvalue weighted by Gasteiger charge is -2.32. The molecule has 0 aromatic heterocycles. The fourth-order valence-corrected chi connectivity index (χ4v) is 2.25. The third-order valence-corrected chi connectivity index (χ3v) is 3.53. The maximum absolute atomic E-state index is 12.1. The number of ether oxygens (including phenoxy) is 2. The number of aliphatic hydroxyl groups excluding tert-OH is 1. The lowest BCUT2D eigenvalue weighted by molar-refractivity contribution is -0.0404. The third-order valence-electron chi connectivity index (χ3n) is 3.53. The van der Waals surface area contributed by atoms with Crippen molar-refractivity contribution in [2.75, 3.05) is 32.8 Å². The lowest BCUT2D eigenvalue weighted by Crippen LogP contribution is -2.51. The summed E-state index contributed by atoms with van der Waals surface area (Å²) < 4.78 is 11.1. The number of aliphatic hydroxyl groups is 1. The van der Waals surface area contributed by atoms with Crippen molar-refractivity contribution >= 4 is 6.03 Å². The maximum atomic E-state index is 12.1. The van der Waals surface area contributed by atoms with E-state index >= 15 is 0 Å². The Bertz CT molecular complexity index is 478. The van der Waals surface area contributed by atoms with E-state index in [0.29, 0.717) is 26.2 Å². The highest BCUT2D eigenvalue weighted by Crippen LogP contribution is 2.13. The van der Waals surface area contributed by atoms with Crippen molar-refractivity contribution in [1.82, 2.24) is 10.2 Å². The first-order valence-electron chi connectivity index (χ1n) is 7.57. The summed E-state index contributed by atoms with van der Waals surface area (Å²) in [5.74, 6) is 0.791. The van der Waals surface area contributed by atoms with E-state index in [0.717, 1.165) is 5.75 Å². The van der Waals surface area contributed by atoms with Gasteiger partial charge in [-0.2, -0.15) is 0 Å². The topological polar surface area (TPSA) is 71.0 Å². The van der Waals surface area contributed by atoms with Gasteiger partial charge < -0.3 is 24.8 Å². The van der Waals surface area contributed by atoms with Gasteiger partial charge in [0.15, 0.2) is 0 Å². The molecule has 0 aliphatic carbocycles. The van der Waals surface area contributed by atoms with Crippen molar-refractivity contribution in [3.8, 4) is 5.75 Å². The number of nitrogens with zero attached hydrogens (tertiary/aromatic N) is 1. The molecule has 1 heterocycles. The Morgan fingerprint density at radius 1 is 1.50 bits per heavy atom. The molecule has 2 unspecified atom stereocenters. The van der Waals surface area contributed by atoms with Crippen LogP contribution in [0.15, 0.2) is 24.3 Å². The van der Waals surface area contributed by atoms with Crippen LogP contribution >= 0.6 is 0 Å². The highest BCUT2D eigenvalue weighted by atomic mass is 16.5. The van der Waals surface area contributed by atoms with Gasteiger partial charge in [0.05, 0.1) is 32.4 Å². The molecule has 0 radical (unpaired) electrons. The molecular weight excluding hydrogens is 284 g/mol. The van der Waals surface area contributed by atoms with Crippen LogP contribution in [0, 0.1) is 6.92 Å². The molecule has 2 atom stereocenters. The molecule has 122 valence electrons. The minimum absolute atomic E-state index is 0.0727. The first kappa shape index (κ1) is 16.6. The molecule has 0 spiro atoms. The van der Waals surface area contributed by atoms with Crippen LogP contribution < -0.4 is 10.1 Å². The van der Waals surface area contributed by atoms with Crippen molar-refractivity contribution in [3.05, 3.63) is 29.8 Å². The molecule has 2 rings (SSSR count). The zero-order valence-electron chi connectivity index (χ0n) is 13.1. The van der Waals surface area contributed by atoms with Crippen LogP contribution in [0.3, 0.4) is 0 Å². The zero-order valence-corrected chi connectivity index (χ0v) is 13.1. The number of amides is 2. The minimum Gasteiger partial charge on any atom is -0.489 e. The van der Waals surface area contributed by atoms with Gasteiger partial charge in [0.25, 0.3) is 0 Å². The Labute approximate surface area is 131 Å². The molecule has 1 fully saturated rings. The van der Waals surface area contributed by atoms with Crippen molar-refractivity contribution < 1.29 is 19.4 Å². The Morgan fingerprint density at radius 2 is 2.23 bits per heavy atom. The summed E-state index contributed by atoms with van der Waals surface area (Å²) in [6.07, 6.45) is -0.415. The van der Waals surface area contributed by atoms with Crippen molar-refractivity contribution in [2.24, 2.45) is 0 Å². The smallest absolute Gasteiger partial charge is 0.317 e. The summed E-state index contributed by atoms with van der Waals surface area (Å²) >= 11 is 0. The molecule has 1 saturated heterocycles. The van der Waals surface area contributed by atoms with E-state index in [2.05, 4.69) is 5.32 Å². The van der Waals surface area contributed by atoms with E-state index < -0.39 is 0 Å². The fourth-order valence-electron chi connectivity index (χ4n) is 2.25. The largest absolute Gasteiger partial charge is 0.489 e. The van der Waals surface area contributed by atoms with Gasteiger partial charge in [-0.25, -0.2) is 4.79 Å². The van der Waals surface area contributed by atoms with Crippen LogP contribution in [0.1, 0.15) is 12.5 Å². The van der Waals surface area contributed by atoms with Crippen LogP contribution in [0.2, 0.25) is 0 Å². The predicted octanol–water partition coefficient (Wildman–Crippen LogP) is 1.17.